The van der Waals surface area contributed by atoms with Crippen molar-refractivity contribution in [1.29, 1.82) is 0 Å². The van der Waals surface area contributed by atoms with E-state index in [0.717, 1.165) is 6.54 Å². The van der Waals surface area contributed by atoms with Crippen LogP contribution in [0.15, 0.2) is 17.2 Å². The fourth-order valence-corrected chi connectivity index (χ4v) is 1.89. The zero-order valence-corrected chi connectivity index (χ0v) is 10.3. The van der Waals surface area contributed by atoms with Crippen LogP contribution in [0.2, 0.25) is 0 Å². The third-order valence-electron chi connectivity index (χ3n) is 3.21. The number of aromatic nitrogens is 1. The zero-order chi connectivity index (χ0) is 12.4. The van der Waals surface area contributed by atoms with Crippen LogP contribution in [0, 0.1) is 12.8 Å². The number of nitrogens with zero attached hydrogens (tertiary/aromatic N) is 1. The second-order valence-corrected chi connectivity index (χ2v) is 4.67. The molecule has 0 radical (unpaired) electrons. The Morgan fingerprint density at radius 1 is 1.47 bits per heavy atom. The fourth-order valence-electron chi connectivity index (χ4n) is 1.89. The summed E-state index contributed by atoms with van der Waals surface area (Å²) in [5.41, 5.74) is 0.675. The van der Waals surface area contributed by atoms with Crippen LogP contribution >= 0.6 is 0 Å². The highest BCUT2D eigenvalue weighted by atomic mass is 16.2. The third-order valence-corrected chi connectivity index (χ3v) is 3.21. The van der Waals surface area contributed by atoms with E-state index in [9.17, 15) is 9.59 Å². The lowest BCUT2D eigenvalue weighted by Crippen LogP contribution is -2.36. The summed E-state index contributed by atoms with van der Waals surface area (Å²) in [6.07, 6.45) is 5.53. The van der Waals surface area contributed by atoms with E-state index in [1.54, 1.807) is 18.0 Å². The number of aromatic amines is 1. The maximum absolute atomic E-state index is 12.2. The van der Waals surface area contributed by atoms with E-state index in [2.05, 4.69) is 4.98 Å². The summed E-state index contributed by atoms with van der Waals surface area (Å²) in [6, 6.07) is 0. The molecule has 4 heteroatoms. The molecule has 17 heavy (non-hydrogen) atoms. The second kappa shape index (κ2) is 4.73. The molecule has 1 fully saturated rings. The SMILES string of the molecule is CCN(CC1CC1)C(=O)c1c[nH]cc(C)c1=O. The normalized spacial score (nSPS) is 14.7. The topological polar surface area (TPSA) is 53.2 Å². The van der Waals surface area contributed by atoms with Gasteiger partial charge in [-0.15, -0.1) is 0 Å². The number of nitrogens with one attached hydrogen (secondary N) is 1. The molecular weight excluding hydrogens is 216 g/mol. The molecule has 0 atom stereocenters. The van der Waals surface area contributed by atoms with E-state index >= 15 is 0 Å². The van der Waals surface area contributed by atoms with Crippen molar-refractivity contribution in [2.24, 2.45) is 5.92 Å². The van der Waals surface area contributed by atoms with Crippen molar-refractivity contribution in [3.63, 3.8) is 0 Å². The molecule has 0 aromatic carbocycles. The summed E-state index contributed by atoms with van der Waals surface area (Å²) in [7, 11) is 0. The predicted octanol–water partition coefficient (Wildman–Crippen LogP) is 1.56. The number of hydrogen-bond donors (Lipinski definition) is 1. The highest BCUT2D eigenvalue weighted by Crippen LogP contribution is 2.29. The largest absolute Gasteiger partial charge is 0.366 e. The van der Waals surface area contributed by atoms with Gasteiger partial charge < -0.3 is 9.88 Å². The Kier molecular flexibility index (Phi) is 3.31. The molecule has 0 unspecified atom stereocenters. The molecule has 1 aliphatic rings. The van der Waals surface area contributed by atoms with Gasteiger partial charge in [0.1, 0.15) is 5.56 Å². The monoisotopic (exact) mass is 234 g/mol. The number of carbonyl (C=O) groups excluding carboxylic acids is 1. The van der Waals surface area contributed by atoms with E-state index in [1.807, 2.05) is 6.92 Å². The van der Waals surface area contributed by atoms with E-state index in [1.165, 1.54) is 19.0 Å². The lowest BCUT2D eigenvalue weighted by atomic mass is 10.2. The molecule has 92 valence electrons. The Bertz CT molecular complexity index is 475. The van der Waals surface area contributed by atoms with Gasteiger partial charge in [0.25, 0.3) is 5.91 Å². The van der Waals surface area contributed by atoms with Gasteiger partial charge in [0.2, 0.25) is 0 Å². The molecule has 0 spiro atoms. The fraction of sp³-hybridized carbons (Fsp3) is 0.538. The molecule has 1 N–H and O–H groups in total. The molecule has 1 amide bonds. The van der Waals surface area contributed by atoms with Gasteiger partial charge >= 0.3 is 0 Å². The molecule has 1 aliphatic carbocycles. The quantitative estimate of drug-likeness (QED) is 0.859. The van der Waals surface area contributed by atoms with E-state index in [4.69, 9.17) is 0 Å². The average molecular weight is 234 g/mol. The van der Waals surface area contributed by atoms with Crippen LogP contribution in [0.5, 0.6) is 0 Å². The lowest BCUT2D eigenvalue weighted by Gasteiger charge is -2.20. The first kappa shape index (κ1) is 11.9. The van der Waals surface area contributed by atoms with Crippen LogP contribution in [-0.2, 0) is 0 Å². The van der Waals surface area contributed by atoms with Crippen molar-refractivity contribution >= 4 is 5.91 Å². The van der Waals surface area contributed by atoms with Gasteiger partial charge in [-0.25, -0.2) is 0 Å². The van der Waals surface area contributed by atoms with Crippen LogP contribution < -0.4 is 5.43 Å². The average Bonchev–Trinajstić information content (AvgIpc) is 3.13. The maximum atomic E-state index is 12.2. The molecule has 1 saturated carbocycles. The lowest BCUT2D eigenvalue weighted by molar-refractivity contribution is 0.0755. The van der Waals surface area contributed by atoms with Gasteiger partial charge in [-0.3, -0.25) is 9.59 Å². The Balaban J connectivity index is 2.22. The van der Waals surface area contributed by atoms with Gasteiger partial charge in [-0.05, 0) is 32.6 Å². The van der Waals surface area contributed by atoms with Crippen molar-refractivity contribution in [1.82, 2.24) is 9.88 Å². The van der Waals surface area contributed by atoms with E-state index in [0.29, 0.717) is 18.0 Å². The third kappa shape index (κ3) is 2.57. The number of aryl methyl sites for hydroxylation is 1. The Labute approximate surface area is 101 Å². The number of H-pyrrole nitrogens is 1. The summed E-state index contributed by atoms with van der Waals surface area (Å²) in [4.78, 5) is 28.7. The van der Waals surface area contributed by atoms with Crippen LogP contribution in [0.1, 0.15) is 35.7 Å². The molecular formula is C13H18N2O2. The van der Waals surface area contributed by atoms with Gasteiger partial charge in [0.05, 0.1) is 0 Å². The first-order chi connectivity index (χ1) is 8.13. The number of carbonyl (C=O) groups is 1. The Hall–Kier alpha value is -1.58. The minimum atomic E-state index is -0.164. The van der Waals surface area contributed by atoms with Crippen molar-refractivity contribution < 1.29 is 4.79 Å². The summed E-state index contributed by atoms with van der Waals surface area (Å²) in [6.45, 7) is 5.10. The van der Waals surface area contributed by atoms with Crippen LogP contribution in [-0.4, -0.2) is 28.9 Å². The molecule has 1 heterocycles. The smallest absolute Gasteiger partial charge is 0.259 e. The zero-order valence-electron chi connectivity index (χ0n) is 10.3. The number of rotatable bonds is 4. The van der Waals surface area contributed by atoms with E-state index in [-0.39, 0.29) is 16.9 Å². The number of hydrogen-bond acceptors (Lipinski definition) is 2. The highest BCUT2D eigenvalue weighted by Gasteiger charge is 2.27. The first-order valence-corrected chi connectivity index (χ1v) is 6.10. The molecule has 1 aromatic rings. The van der Waals surface area contributed by atoms with Crippen LogP contribution in [0.25, 0.3) is 0 Å². The summed E-state index contributed by atoms with van der Waals surface area (Å²) in [5, 5.41) is 0. The van der Waals surface area contributed by atoms with Crippen LogP contribution in [0.3, 0.4) is 0 Å². The predicted molar refractivity (Wildman–Crippen MR) is 66.1 cm³/mol. The first-order valence-electron chi connectivity index (χ1n) is 6.10. The maximum Gasteiger partial charge on any atom is 0.259 e. The standard InChI is InChI=1S/C13H18N2O2/c1-3-15(8-10-4-5-10)13(17)11-7-14-6-9(2)12(11)16/h6-7,10H,3-5,8H2,1-2H3,(H,14,16). The van der Waals surface area contributed by atoms with Crippen molar-refractivity contribution in [3.05, 3.63) is 33.7 Å². The van der Waals surface area contributed by atoms with Crippen LogP contribution in [0.4, 0.5) is 0 Å². The molecule has 0 bridgehead atoms. The molecule has 0 saturated heterocycles. The summed E-state index contributed by atoms with van der Waals surface area (Å²) >= 11 is 0. The Morgan fingerprint density at radius 2 is 2.18 bits per heavy atom. The van der Waals surface area contributed by atoms with Gasteiger partial charge in [0, 0.05) is 31.0 Å². The second-order valence-electron chi connectivity index (χ2n) is 4.67. The van der Waals surface area contributed by atoms with Gasteiger partial charge in [-0.1, -0.05) is 0 Å². The molecule has 1 aromatic heterocycles. The van der Waals surface area contributed by atoms with E-state index < -0.39 is 0 Å². The minimum absolute atomic E-state index is 0.149. The molecule has 2 rings (SSSR count). The molecule has 4 nitrogen and oxygen atoms in total. The van der Waals surface area contributed by atoms with Gasteiger partial charge in [0.15, 0.2) is 5.43 Å². The number of amides is 1. The molecule has 0 aliphatic heterocycles. The highest BCUT2D eigenvalue weighted by molar-refractivity contribution is 5.94. The van der Waals surface area contributed by atoms with Crippen molar-refractivity contribution in [2.45, 2.75) is 26.7 Å². The van der Waals surface area contributed by atoms with Gasteiger partial charge in [-0.2, -0.15) is 0 Å². The Morgan fingerprint density at radius 3 is 2.76 bits per heavy atom. The van der Waals surface area contributed by atoms with Crippen molar-refractivity contribution in [2.75, 3.05) is 13.1 Å². The minimum Gasteiger partial charge on any atom is -0.366 e. The number of pyridine rings is 1. The summed E-state index contributed by atoms with van der Waals surface area (Å²) in [5.74, 6) is 0.493. The summed E-state index contributed by atoms with van der Waals surface area (Å²) < 4.78 is 0. The van der Waals surface area contributed by atoms with Crippen molar-refractivity contribution in [3.8, 4) is 0 Å².